The number of carbonyl (C=O) groups excluding carboxylic acids is 1. The Bertz CT molecular complexity index is 1090. The number of rotatable bonds is 6. The molecule has 4 rings (SSSR count). The van der Waals surface area contributed by atoms with Gasteiger partial charge in [-0.3, -0.25) is 14.3 Å². The fraction of sp³-hybridized carbons (Fsp3) is 0.318. The lowest BCUT2D eigenvalue weighted by Crippen LogP contribution is -2.44. The molecule has 0 bridgehead atoms. The first-order valence-corrected chi connectivity index (χ1v) is 11.6. The first-order valence-electron chi connectivity index (χ1n) is 9.95. The molecule has 0 radical (unpaired) electrons. The molecule has 2 heterocycles. The van der Waals surface area contributed by atoms with Gasteiger partial charge in [-0.2, -0.15) is 0 Å². The van der Waals surface area contributed by atoms with E-state index in [0.717, 1.165) is 29.6 Å². The van der Waals surface area contributed by atoms with E-state index in [2.05, 4.69) is 15.2 Å². The highest BCUT2D eigenvalue weighted by molar-refractivity contribution is 7.75. The average molecular weight is 427 g/mol. The number of aromatic amines is 1. The number of nitrogens with zero attached hydrogens (tertiary/aromatic N) is 1. The highest BCUT2D eigenvalue weighted by Gasteiger charge is 2.35. The van der Waals surface area contributed by atoms with Gasteiger partial charge in [0.05, 0.1) is 25.2 Å². The van der Waals surface area contributed by atoms with Gasteiger partial charge in [-0.1, -0.05) is 29.8 Å². The lowest BCUT2D eigenvalue weighted by Gasteiger charge is -2.26. The molecule has 3 aromatic rings. The maximum atomic E-state index is 14.2. The summed E-state index contributed by atoms with van der Waals surface area (Å²) in [5.74, 6) is -0.307. The minimum Gasteiger partial charge on any atom is -0.379 e. The van der Waals surface area contributed by atoms with Crippen LogP contribution < -0.4 is 15.9 Å². The molecule has 1 amide bonds. The predicted octanol–water partition coefficient (Wildman–Crippen LogP) is 2.37. The lowest BCUT2D eigenvalue weighted by atomic mass is 10.2. The van der Waals surface area contributed by atoms with Crippen molar-refractivity contribution in [2.75, 3.05) is 40.1 Å². The fourth-order valence-corrected chi connectivity index (χ4v) is 5.91. The number of H-pyrrole nitrogens is 1. The summed E-state index contributed by atoms with van der Waals surface area (Å²) in [6, 6.07) is 14.8. The van der Waals surface area contributed by atoms with Gasteiger partial charge >= 0.3 is 0 Å². The van der Waals surface area contributed by atoms with Crippen LogP contribution in [0.3, 0.4) is 0 Å². The minimum absolute atomic E-state index is 0.276. The first kappa shape index (κ1) is 20.8. The Morgan fingerprint density at radius 1 is 1.20 bits per heavy atom. The van der Waals surface area contributed by atoms with E-state index >= 15 is 0 Å². The second-order valence-corrected chi connectivity index (χ2v) is 9.79. The molecule has 2 N–H and O–H groups in total. The van der Waals surface area contributed by atoms with Gasteiger partial charge in [0, 0.05) is 36.4 Å². The Labute approximate surface area is 175 Å². The van der Waals surface area contributed by atoms with Crippen LogP contribution in [-0.4, -0.2) is 55.9 Å². The van der Waals surface area contributed by atoms with Gasteiger partial charge < -0.3 is 19.6 Å². The molecule has 7 nitrogen and oxygen atoms in total. The molecule has 158 valence electrons. The van der Waals surface area contributed by atoms with Gasteiger partial charge in [-0.05, 0) is 31.2 Å². The second-order valence-electron chi connectivity index (χ2n) is 7.36. The number of ether oxygens (including phenoxy) is 1. The van der Waals surface area contributed by atoms with Crippen LogP contribution in [0.15, 0.2) is 48.5 Å². The largest absolute Gasteiger partial charge is 0.379 e. The summed E-state index contributed by atoms with van der Waals surface area (Å²) in [6.07, 6.45) is 0. The van der Waals surface area contributed by atoms with Crippen LogP contribution in [0.5, 0.6) is 0 Å². The second kappa shape index (κ2) is 8.74. The monoisotopic (exact) mass is 427 g/mol. The van der Waals surface area contributed by atoms with Crippen LogP contribution in [-0.2, 0) is 13.8 Å². The van der Waals surface area contributed by atoms with Gasteiger partial charge in [-0.25, -0.2) is 0 Å². The SMILES string of the molecule is COP(=O)(c1ccccc1)c1c(C(=O)NCN2CCOCC2)[nH]c2ccc(C)cc12. The zero-order valence-electron chi connectivity index (χ0n) is 17.2. The maximum absolute atomic E-state index is 14.2. The number of aryl methyl sites for hydroxylation is 1. The summed E-state index contributed by atoms with van der Waals surface area (Å²) in [5, 5.41) is 4.66. The topological polar surface area (TPSA) is 83.7 Å². The molecule has 1 atom stereocenters. The summed E-state index contributed by atoms with van der Waals surface area (Å²) >= 11 is 0. The van der Waals surface area contributed by atoms with Gasteiger partial charge in [-0.15, -0.1) is 0 Å². The predicted molar refractivity (Wildman–Crippen MR) is 118 cm³/mol. The molecular weight excluding hydrogens is 401 g/mol. The van der Waals surface area contributed by atoms with E-state index in [0.29, 0.717) is 30.5 Å². The van der Waals surface area contributed by atoms with Crippen LogP contribution in [0.1, 0.15) is 16.1 Å². The number of morpholine rings is 1. The molecule has 1 unspecified atom stereocenters. The summed E-state index contributed by atoms with van der Waals surface area (Å²) in [6.45, 7) is 5.20. The number of hydrogen-bond acceptors (Lipinski definition) is 5. The molecule has 0 aliphatic carbocycles. The Balaban J connectivity index is 1.78. The molecule has 1 aliphatic heterocycles. The Hall–Kier alpha value is -2.44. The number of amides is 1. The average Bonchev–Trinajstić information content (AvgIpc) is 3.17. The van der Waals surface area contributed by atoms with E-state index < -0.39 is 7.37 Å². The molecular formula is C22H26N3O4P. The molecule has 1 fully saturated rings. The van der Waals surface area contributed by atoms with E-state index in [9.17, 15) is 9.36 Å². The third-order valence-corrected chi connectivity index (χ3v) is 7.91. The quantitative estimate of drug-likeness (QED) is 0.590. The van der Waals surface area contributed by atoms with Crippen LogP contribution in [0, 0.1) is 6.92 Å². The molecule has 2 aromatic carbocycles. The summed E-state index contributed by atoms with van der Waals surface area (Å²) < 4.78 is 25.1. The van der Waals surface area contributed by atoms with Crippen LogP contribution in [0.25, 0.3) is 10.9 Å². The Morgan fingerprint density at radius 3 is 2.63 bits per heavy atom. The summed E-state index contributed by atoms with van der Waals surface area (Å²) in [5.41, 5.74) is 2.04. The lowest BCUT2D eigenvalue weighted by molar-refractivity contribution is 0.0334. The van der Waals surface area contributed by atoms with Gasteiger partial charge in [0.1, 0.15) is 5.69 Å². The number of benzene rings is 2. The molecule has 0 saturated carbocycles. The van der Waals surface area contributed by atoms with Crippen molar-refractivity contribution in [2.24, 2.45) is 0 Å². The van der Waals surface area contributed by atoms with Crippen molar-refractivity contribution in [2.45, 2.75) is 6.92 Å². The molecule has 30 heavy (non-hydrogen) atoms. The Morgan fingerprint density at radius 2 is 1.93 bits per heavy atom. The number of aromatic nitrogens is 1. The normalized spacial score (nSPS) is 17.0. The zero-order chi connectivity index (χ0) is 21.1. The van der Waals surface area contributed by atoms with Gasteiger partial charge in [0.25, 0.3) is 13.3 Å². The van der Waals surface area contributed by atoms with Crippen molar-refractivity contribution in [1.29, 1.82) is 0 Å². The van der Waals surface area contributed by atoms with E-state index in [1.165, 1.54) is 7.11 Å². The molecule has 0 spiro atoms. The first-order chi connectivity index (χ1) is 14.5. The van der Waals surface area contributed by atoms with Crippen molar-refractivity contribution < 1.29 is 18.6 Å². The van der Waals surface area contributed by atoms with Crippen molar-refractivity contribution in [3.05, 3.63) is 59.8 Å². The van der Waals surface area contributed by atoms with E-state index in [4.69, 9.17) is 9.26 Å². The van der Waals surface area contributed by atoms with Crippen molar-refractivity contribution in [1.82, 2.24) is 15.2 Å². The number of nitrogens with one attached hydrogen (secondary N) is 2. The molecule has 8 heteroatoms. The fourth-order valence-electron chi connectivity index (χ4n) is 3.74. The zero-order valence-corrected chi connectivity index (χ0v) is 18.1. The van der Waals surface area contributed by atoms with Crippen molar-refractivity contribution in [3.63, 3.8) is 0 Å². The highest BCUT2D eigenvalue weighted by atomic mass is 31.2. The summed E-state index contributed by atoms with van der Waals surface area (Å²) in [4.78, 5) is 18.5. The molecule has 1 saturated heterocycles. The van der Waals surface area contributed by atoms with E-state index in [-0.39, 0.29) is 11.6 Å². The summed E-state index contributed by atoms with van der Waals surface area (Å²) in [7, 11) is -2.07. The molecule has 1 aliphatic rings. The van der Waals surface area contributed by atoms with Gasteiger partial charge in [0.2, 0.25) is 0 Å². The van der Waals surface area contributed by atoms with Gasteiger partial charge in [0.15, 0.2) is 0 Å². The van der Waals surface area contributed by atoms with Crippen molar-refractivity contribution >= 4 is 34.8 Å². The van der Waals surface area contributed by atoms with Crippen LogP contribution in [0.2, 0.25) is 0 Å². The highest BCUT2D eigenvalue weighted by Crippen LogP contribution is 2.47. The maximum Gasteiger partial charge on any atom is 0.269 e. The number of carbonyl (C=O) groups is 1. The minimum atomic E-state index is -3.50. The van der Waals surface area contributed by atoms with Crippen LogP contribution >= 0.6 is 7.37 Å². The van der Waals surface area contributed by atoms with E-state index in [1.54, 1.807) is 12.1 Å². The number of hydrogen-bond donors (Lipinski definition) is 2. The van der Waals surface area contributed by atoms with Crippen molar-refractivity contribution in [3.8, 4) is 0 Å². The molecule has 1 aromatic heterocycles. The third kappa shape index (κ3) is 3.94. The third-order valence-electron chi connectivity index (χ3n) is 5.37. The number of fused-ring (bicyclic) bond motifs is 1. The standard InChI is InChI=1S/C22H26N3O4P/c1-16-8-9-19-18(14-16)21(30(27,28-2)17-6-4-3-5-7-17)20(24-19)22(26)23-15-25-10-12-29-13-11-25/h3-9,14,24H,10-13,15H2,1-2H3,(H,23,26). The van der Waals surface area contributed by atoms with E-state index in [1.807, 2.05) is 43.3 Å². The van der Waals surface area contributed by atoms with Crippen LogP contribution in [0.4, 0.5) is 0 Å². The Kier molecular flexibility index (Phi) is 6.06. The smallest absolute Gasteiger partial charge is 0.269 e.